The number of rotatable bonds is 7. The van der Waals surface area contributed by atoms with Gasteiger partial charge < -0.3 is 24.8 Å². The van der Waals surface area contributed by atoms with Crippen LogP contribution in [0.3, 0.4) is 0 Å². The molecule has 3 aromatic carbocycles. The van der Waals surface area contributed by atoms with Crippen LogP contribution in [0.2, 0.25) is 0 Å². The van der Waals surface area contributed by atoms with E-state index in [2.05, 4.69) is 10.3 Å². The predicted octanol–water partition coefficient (Wildman–Crippen LogP) is 4.10. The molecule has 0 bridgehead atoms. The molecule has 0 saturated heterocycles. The maximum Gasteiger partial charge on any atom is 0.286 e. The second-order valence-corrected chi connectivity index (χ2v) is 7.42. The van der Waals surface area contributed by atoms with Crippen molar-refractivity contribution in [3.05, 3.63) is 90.4 Å². The molecular weight excluding hydrogens is 420 g/mol. The molecule has 3 N–H and O–H groups in total. The van der Waals surface area contributed by atoms with Crippen molar-refractivity contribution in [3.63, 3.8) is 0 Å². The fraction of sp³-hybridized carbons (Fsp3) is 0.0800. The monoisotopic (exact) mass is 440 g/mol. The van der Waals surface area contributed by atoms with Crippen molar-refractivity contribution >= 4 is 39.5 Å². The third-order valence-electron chi connectivity index (χ3n) is 5.23. The van der Waals surface area contributed by atoms with Crippen LogP contribution in [0.1, 0.15) is 16.4 Å². The number of anilines is 1. The van der Waals surface area contributed by atoms with Gasteiger partial charge in [0.25, 0.3) is 5.91 Å². The smallest absolute Gasteiger partial charge is 0.286 e. The number of furan rings is 1. The molecule has 2 amide bonds. The first-order chi connectivity index (χ1) is 16.1. The minimum atomic E-state index is -0.758. The Morgan fingerprint density at radius 2 is 1.70 bits per heavy atom. The number of aromatic nitrogens is 2. The largest absolute Gasteiger partial charge is 0.486 e. The molecule has 0 atom stereocenters. The van der Waals surface area contributed by atoms with Crippen LogP contribution in [-0.4, -0.2) is 21.4 Å². The third-order valence-corrected chi connectivity index (χ3v) is 5.23. The summed E-state index contributed by atoms with van der Waals surface area (Å²) in [5.74, 6) is 0.103. The molecule has 0 spiro atoms. The Bertz CT molecular complexity index is 1470. The standard InChI is InChI=1S/C25H20N4O4/c26-25(31)24-23(17-10-4-7-13-20(17)33-24)28-22(30)14-29-19-12-6-5-11-18(19)27-21(29)15-32-16-8-2-1-3-9-16/h1-13H,14-15H2,(H2,26,31)(H,28,30). The van der Waals surface area contributed by atoms with Crippen LogP contribution in [-0.2, 0) is 17.9 Å². The average molecular weight is 440 g/mol. The summed E-state index contributed by atoms with van der Waals surface area (Å²) in [6, 6.07) is 24.0. The number of hydrogen-bond acceptors (Lipinski definition) is 5. The number of fused-ring (bicyclic) bond motifs is 2. The molecule has 8 nitrogen and oxygen atoms in total. The van der Waals surface area contributed by atoms with E-state index >= 15 is 0 Å². The zero-order chi connectivity index (χ0) is 22.8. The van der Waals surface area contributed by atoms with Crippen LogP contribution in [0, 0.1) is 0 Å². The van der Waals surface area contributed by atoms with Gasteiger partial charge >= 0.3 is 0 Å². The topological polar surface area (TPSA) is 112 Å². The Balaban J connectivity index is 1.44. The fourth-order valence-corrected chi connectivity index (χ4v) is 3.74. The van der Waals surface area contributed by atoms with Gasteiger partial charge in [0.15, 0.2) is 0 Å². The summed E-state index contributed by atoms with van der Waals surface area (Å²) < 4.78 is 13.2. The number of ether oxygens (including phenoxy) is 1. The van der Waals surface area contributed by atoms with E-state index < -0.39 is 5.91 Å². The fourth-order valence-electron chi connectivity index (χ4n) is 3.74. The highest BCUT2D eigenvalue weighted by molar-refractivity contribution is 6.10. The van der Waals surface area contributed by atoms with Crippen molar-refractivity contribution in [2.75, 3.05) is 5.32 Å². The molecule has 0 radical (unpaired) electrons. The summed E-state index contributed by atoms with van der Waals surface area (Å²) in [5, 5.41) is 3.40. The van der Waals surface area contributed by atoms with Gasteiger partial charge in [-0.2, -0.15) is 0 Å². The summed E-state index contributed by atoms with van der Waals surface area (Å²) in [6.07, 6.45) is 0. The van der Waals surface area contributed by atoms with Crippen molar-refractivity contribution in [3.8, 4) is 5.75 Å². The third kappa shape index (κ3) is 4.01. The van der Waals surface area contributed by atoms with Gasteiger partial charge in [0.1, 0.15) is 36.0 Å². The summed E-state index contributed by atoms with van der Waals surface area (Å²) in [7, 11) is 0. The van der Waals surface area contributed by atoms with Crippen LogP contribution in [0.15, 0.2) is 83.3 Å². The van der Waals surface area contributed by atoms with Gasteiger partial charge in [0.2, 0.25) is 11.7 Å². The molecule has 5 rings (SSSR count). The summed E-state index contributed by atoms with van der Waals surface area (Å²) in [4.78, 5) is 29.6. The lowest BCUT2D eigenvalue weighted by Gasteiger charge is -2.11. The number of amides is 2. The molecule has 164 valence electrons. The highest BCUT2D eigenvalue weighted by atomic mass is 16.5. The van der Waals surface area contributed by atoms with Gasteiger partial charge in [-0.05, 0) is 36.4 Å². The van der Waals surface area contributed by atoms with E-state index in [-0.39, 0.29) is 30.5 Å². The summed E-state index contributed by atoms with van der Waals surface area (Å²) in [5.41, 5.74) is 7.74. The number of carbonyl (C=O) groups is 2. The van der Waals surface area contributed by atoms with Crippen molar-refractivity contribution in [2.24, 2.45) is 5.73 Å². The van der Waals surface area contributed by atoms with Crippen molar-refractivity contribution in [2.45, 2.75) is 13.2 Å². The summed E-state index contributed by atoms with van der Waals surface area (Å²) in [6.45, 7) is 0.152. The van der Waals surface area contributed by atoms with Gasteiger partial charge in [-0.1, -0.05) is 42.5 Å². The molecule has 2 aromatic heterocycles. The number of para-hydroxylation sites is 4. The Kier molecular flexibility index (Phi) is 5.24. The van der Waals surface area contributed by atoms with Crippen LogP contribution in [0.4, 0.5) is 5.69 Å². The van der Waals surface area contributed by atoms with Gasteiger partial charge in [0.05, 0.1) is 11.0 Å². The SMILES string of the molecule is NC(=O)c1oc2ccccc2c1NC(=O)Cn1c(COc2ccccc2)nc2ccccc21. The number of nitrogens with two attached hydrogens (primary N) is 1. The van der Waals surface area contributed by atoms with Gasteiger partial charge in [-0.15, -0.1) is 0 Å². The maximum atomic E-state index is 13.1. The number of benzene rings is 3. The van der Waals surface area contributed by atoms with E-state index in [1.807, 2.05) is 54.6 Å². The van der Waals surface area contributed by atoms with Gasteiger partial charge in [-0.25, -0.2) is 4.98 Å². The van der Waals surface area contributed by atoms with Crippen LogP contribution >= 0.6 is 0 Å². The minimum absolute atomic E-state index is 0.0360. The lowest BCUT2D eigenvalue weighted by Crippen LogP contribution is -2.22. The number of hydrogen-bond donors (Lipinski definition) is 2. The van der Waals surface area contributed by atoms with E-state index in [4.69, 9.17) is 14.9 Å². The molecule has 0 unspecified atom stereocenters. The zero-order valence-electron chi connectivity index (χ0n) is 17.5. The Labute approximate surface area is 188 Å². The van der Waals surface area contributed by atoms with E-state index in [1.165, 1.54) is 0 Å². The quantitative estimate of drug-likeness (QED) is 0.396. The normalized spacial score (nSPS) is 11.0. The predicted molar refractivity (Wildman–Crippen MR) is 124 cm³/mol. The minimum Gasteiger partial charge on any atom is -0.486 e. The zero-order valence-corrected chi connectivity index (χ0v) is 17.5. The van der Waals surface area contributed by atoms with Crippen LogP contribution in [0.5, 0.6) is 5.75 Å². The number of nitrogens with zero attached hydrogens (tertiary/aromatic N) is 2. The number of imidazole rings is 1. The van der Waals surface area contributed by atoms with Crippen molar-refractivity contribution in [1.29, 1.82) is 0 Å². The van der Waals surface area contributed by atoms with Crippen molar-refractivity contribution < 1.29 is 18.7 Å². The first kappa shape index (κ1) is 20.3. The number of nitrogens with one attached hydrogen (secondary N) is 1. The molecule has 2 heterocycles. The van der Waals surface area contributed by atoms with Crippen molar-refractivity contribution in [1.82, 2.24) is 9.55 Å². The number of carbonyl (C=O) groups excluding carboxylic acids is 2. The lowest BCUT2D eigenvalue weighted by molar-refractivity contribution is -0.116. The molecular formula is C25H20N4O4. The van der Waals surface area contributed by atoms with E-state index in [0.29, 0.717) is 22.5 Å². The molecule has 0 saturated carbocycles. The maximum absolute atomic E-state index is 13.1. The molecule has 8 heteroatoms. The summed E-state index contributed by atoms with van der Waals surface area (Å²) >= 11 is 0. The molecule has 0 aliphatic heterocycles. The first-order valence-electron chi connectivity index (χ1n) is 10.3. The first-order valence-corrected chi connectivity index (χ1v) is 10.3. The number of primary amides is 1. The highest BCUT2D eigenvalue weighted by Crippen LogP contribution is 2.30. The highest BCUT2D eigenvalue weighted by Gasteiger charge is 2.21. The molecule has 33 heavy (non-hydrogen) atoms. The Morgan fingerprint density at radius 1 is 0.970 bits per heavy atom. The molecule has 0 aliphatic rings. The van der Waals surface area contributed by atoms with Crippen LogP contribution in [0.25, 0.3) is 22.0 Å². The van der Waals surface area contributed by atoms with E-state index in [1.54, 1.807) is 28.8 Å². The Morgan fingerprint density at radius 3 is 2.52 bits per heavy atom. The molecule has 5 aromatic rings. The van der Waals surface area contributed by atoms with Gasteiger partial charge in [0, 0.05) is 5.39 Å². The van der Waals surface area contributed by atoms with E-state index in [0.717, 1.165) is 11.0 Å². The Hall–Kier alpha value is -4.59. The average Bonchev–Trinajstić information content (AvgIpc) is 3.37. The lowest BCUT2D eigenvalue weighted by atomic mass is 10.2. The molecule has 0 aliphatic carbocycles. The second kappa shape index (κ2) is 8.51. The van der Waals surface area contributed by atoms with Gasteiger partial charge in [-0.3, -0.25) is 9.59 Å². The van der Waals surface area contributed by atoms with Crippen LogP contribution < -0.4 is 15.8 Å². The molecule has 0 fully saturated rings. The second-order valence-electron chi connectivity index (χ2n) is 7.42. The van der Waals surface area contributed by atoms with E-state index in [9.17, 15) is 9.59 Å².